The SMILES string of the molecule is COc1cccc(-c2cc3nc(Br)cnc3[nH]2)c1. The van der Waals surface area contributed by atoms with Crippen molar-refractivity contribution in [2.45, 2.75) is 0 Å². The number of nitrogens with one attached hydrogen (secondary N) is 1. The van der Waals surface area contributed by atoms with Gasteiger partial charge in [-0.05, 0) is 34.1 Å². The van der Waals surface area contributed by atoms with Crippen molar-refractivity contribution < 1.29 is 4.74 Å². The van der Waals surface area contributed by atoms with Gasteiger partial charge in [0.2, 0.25) is 0 Å². The monoisotopic (exact) mass is 303 g/mol. The van der Waals surface area contributed by atoms with Gasteiger partial charge in [-0.25, -0.2) is 9.97 Å². The molecule has 0 atom stereocenters. The molecule has 0 aliphatic rings. The molecule has 0 unspecified atom stereocenters. The second-order valence-electron chi connectivity index (χ2n) is 3.84. The van der Waals surface area contributed by atoms with Crippen molar-refractivity contribution in [1.29, 1.82) is 0 Å². The van der Waals surface area contributed by atoms with Crippen molar-refractivity contribution in [2.75, 3.05) is 7.11 Å². The van der Waals surface area contributed by atoms with E-state index in [1.54, 1.807) is 13.3 Å². The lowest BCUT2D eigenvalue weighted by Crippen LogP contribution is -1.83. The maximum absolute atomic E-state index is 5.22. The van der Waals surface area contributed by atoms with Crippen molar-refractivity contribution in [3.8, 4) is 17.0 Å². The number of aromatic amines is 1. The molecule has 0 saturated carbocycles. The summed E-state index contributed by atoms with van der Waals surface area (Å²) in [6.07, 6.45) is 1.67. The van der Waals surface area contributed by atoms with E-state index in [0.717, 1.165) is 32.8 Å². The summed E-state index contributed by atoms with van der Waals surface area (Å²) in [7, 11) is 1.66. The molecule has 0 radical (unpaired) electrons. The molecular weight excluding hydrogens is 294 g/mol. The van der Waals surface area contributed by atoms with Gasteiger partial charge in [0, 0.05) is 11.3 Å². The molecule has 5 heteroatoms. The number of aromatic nitrogens is 3. The van der Waals surface area contributed by atoms with Crippen molar-refractivity contribution in [3.05, 3.63) is 41.1 Å². The van der Waals surface area contributed by atoms with Gasteiger partial charge in [0.15, 0.2) is 5.65 Å². The summed E-state index contributed by atoms with van der Waals surface area (Å²) in [5.74, 6) is 0.827. The number of halogens is 1. The Morgan fingerprint density at radius 1 is 1.28 bits per heavy atom. The number of nitrogens with zero attached hydrogens (tertiary/aromatic N) is 2. The van der Waals surface area contributed by atoms with E-state index in [1.165, 1.54) is 0 Å². The third-order valence-corrected chi connectivity index (χ3v) is 3.07. The van der Waals surface area contributed by atoms with Gasteiger partial charge in [-0.3, -0.25) is 0 Å². The number of benzene rings is 1. The highest BCUT2D eigenvalue weighted by Crippen LogP contribution is 2.25. The molecule has 3 aromatic rings. The smallest absolute Gasteiger partial charge is 0.156 e. The molecule has 4 nitrogen and oxygen atoms in total. The minimum absolute atomic E-state index is 0.728. The summed E-state index contributed by atoms with van der Waals surface area (Å²) in [4.78, 5) is 11.9. The first-order valence-corrected chi connectivity index (χ1v) is 6.21. The molecule has 2 aromatic heterocycles. The van der Waals surface area contributed by atoms with Crippen LogP contribution in [0.25, 0.3) is 22.4 Å². The van der Waals surface area contributed by atoms with E-state index in [9.17, 15) is 0 Å². The van der Waals surface area contributed by atoms with Crippen LogP contribution in [-0.2, 0) is 0 Å². The summed E-state index contributed by atoms with van der Waals surface area (Å²) >= 11 is 3.31. The number of ether oxygens (including phenoxy) is 1. The minimum atomic E-state index is 0.728. The zero-order chi connectivity index (χ0) is 12.5. The number of hydrogen-bond donors (Lipinski definition) is 1. The molecule has 2 heterocycles. The van der Waals surface area contributed by atoms with Crippen LogP contribution < -0.4 is 4.74 Å². The van der Waals surface area contributed by atoms with E-state index in [2.05, 4.69) is 30.9 Å². The number of rotatable bonds is 2. The Balaban J connectivity index is 2.13. The summed E-state index contributed by atoms with van der Waals surface area (Å²) in [5.41, 5.74) is 3.63. The van der Waals surface area contributed by atoms with E-state index < -0.39 is 0 Å². The van der Waals surface area contributed by atoms with Crippen molar-refractivity contribution >= 4 is 27.1 Å². The van der Waals surface area contributed by atoms with Gasteiger partial charge >= 0.3 is 0 Å². The molecule has 3 rings (SSSR count). The van der Waals surface area contributed by atoms with Crippen LogP contribution in [0.5, 0.6) is 5.75 Å². The van der Waals surface area contributed by atoms with Crippen molar-refractivity contribution in [1.82, 2.24) is 15.0 Å². The molecule has 0 aliphatic heterocycles. The van der Waals surface area contributed by atoms with Crippen LogP contribution in [0, 0.1) is 0 Å². The van der Waals surface area contributed by atoms with Crippen molar-refractivity contribution in [2.24, 2.45) is 0 Å². The number of fused-ring (bicyclic) bond motifs is 1. The Labute approximate surface area is 112 Å². The minimum Gasteiger partial charge on any atom is -0.497 e. The van der Waals surface area contributed by atoms with Gasteiger partial charge in [-0.15, -0.1) is 0 Å². The highest BCUT2D eigenvalue weighted by Gasteiger charge is 2.06. The molecular formula is C13H10BrN3O. The Kier molecular flexibility index (Phi) is 2.76. The molecule has 0 amide bonds. The molecule has 0 saturated heterocycles. The van der Waals surface area contributed by atoms with E-state index in [1.807, 2.05) is 30.3 Å². The zero-order valence-corrected chi connectivity index (χ0v) is 11.2. The van der Waals surface area contributed by atoms with Gasteiger partial charge in [-0.1, -0.05) is 12.1 Å². The summed E-state index contributed by atoms with van der Waals surface area (Å²) < 4.78 is 5.94. The van der Waals surface area contributed by atoms with Crippen molar-refractivity contribution in [3.63, 3.8) is 0 Å². The first-order chi connectivity index (χ1) is 8.76. The highest BCUT2D eigenvalue weighted by atomic mass is 79.9. The second kappa shape index (κ2) is 4.42. The summed E-state index contributed by atoms with van der Waals surface area (Å²) in [6, 6.07) is 9.83. The first kappa shape index (κ1) is 11.2. The Morgan fingerprint density at radius 2 is 2.17 bits per heavy atom. The third kappa shape index (κ3) is 1.97. The normalized spacial score (nSPS) is 10.8. The second-order valence-corrected chi connectivity index (χ2v) is 4.65. The van der Waals surface area contributed by atoms with E-state index in [0.29, 0.717) is 0 Å². The topological polar surface area (TPSA) is 50.8 Å². The summed E-state index contributed by atoms with van der Waals surface area (Å²) in [6.45, 7) is 0. The Hall–Kier alpha value is -1.88. The standard InChI is InChI=1S/C13H10BrN3O/c1-18-9-4-2-3-8(5-9)10-6-11-13(17-10)15-7-12(14)16-11/h2-7H,1H3,(H,15,17). The molecule has 1 N–H and O–H groups in total. The van der Waals surface area contributed by atoms with Crippen LogP contribution in [0.2, 0.25) is 0 Å². The van der Waals surface area contributed by atoms with Crippen LogP contribution in [0.3, 0.4) is 0 Å². The summed E-state index contributed by atoms with van der Waals surface area (Å²) in [5, 5.41) is 0. The fourth-order valence-electron chi connectivity index (χ4n) is 1.82. The lowest BCUT2D eigenvalue weighted by Gasteiger charge is -2.01. The lowest BCUT2D eigenvalue weighted by atomic mass is 10.1. The van der Waals surface area contributed by atoms with E-state index in [4.69, 9.17) is 4.74 Å². The molecule has 0 spiro atoms. The van der Waals surface area contributed by atoms with Crippen LogP contribution in [0.15, 0.2) is 41.1 Å². The molecule has 18 heavy (non-hydrogen) atoms. The third-order valence-electron chi connectivity index (χ3n) is 2.68. The highest BCUT2D eigenvalue weighted by molar-refractivity contribution is 9.10. The van der Waals surface area contributed by atoms with Crippen LogP contribution in [0.4, 0.5) is 0 Å². The van der Waals surface area contributed by atoms with Crippen LogP contribution in [-0.4, -0.2) is 22.1 Å². The van der Waals surface area contributed by atoms with Gasteiger partial charge in [0.05, 0.1) is 13.3 Å². The maximum Gasteiger partial charge on any atom is 0.156 e. The maximum atomic E-state index is 5.22. The largest absolute Gasteiger partial charge is 0.497 e. The Morgan fingerprint density at radius 3 is 3.00 bits per heavy atom. The van der Waals surface area contributed by atoms with Gasteiger partial charge in [0.1, 0.15) is 15.9 Å². The number of hydrogen-bond acceptors (Lipinski definition) is 3. The molecule has 90 valence electrons. The fourth-order valence-corrected chi connectivity index (χ4v) is 2.12. The van der Waals surface area contributed by atoms with E-state index in [-0.39, 0.29) is 0 Å². The molecule has 0 aliphatic carbocycles. The fraction of sp³-hybridized carbons (Fsp3) is 0.0769. The number of methoxy groups -OCH3 is 1. The number of H-pyrrole nitrogens is 1. The molecule has 0 bridgehead atoms. The average Bonchev–Trinajstić information content (AvgIpc) is 2.81. The average molecular weight is 304 g/mol. The van der Waals surface area contributed by atoms with Crippen LogP contribution in [0.1, 0.15) is 0 Å². The molecule has 1 aromatic carbocycles. The van der Waals surface area contributed by atoms with Gasteiger partial charge in [0.25, 0.3) is 0 Å². The zero-order valence-electron chi connectivity index (χ0n) is 9.64. The van der Waals surface area contributed by atoms with Gasteiger partial charge < -0.3 is 9.72 Å². The quantitative estimate of drug-likeness (QED) is 0.789. The van der Waals surface area contributed by atoms with Gasteiger partial charge in [-0.2, -0.15) is 0 Å². The lowest BCUT2D eigenvalue weighted by molar-refractivity contribution is 0.415. The Bertz CT molecular complexity index is 708. The molecule has 0 fully saturated rings. The van der Waals surface area contributed by atoms with E-state index >= 15 is 0 Å². The van der Waals surface area contributed by atoms with Crippen LogP contribution >= 0.6 is 15.9 Å². The first-order valence-electron chi connectivity index (χ1n) is 5.42. The predicted octanol–water partition coefficient (Wildman–Crippen LogP) is 3.40. The predicted molar refractivity (Wildman–Crippen MR) is 73.6 cm³/mol.